The van der Waals surface area contributed by atoms with Crippen molar-refractivity contribution in [1.29, 1.82) is 0 Å². The van der Waals surface area contributed by atoms with Gasteiger partial charge in [0.2, 0.25) is 0 Å². The molecule has 3 heteroatoms. The standard InChI is InChI=1S/C33H50FNO/c1-4-6-8-9-10-11-12-13-15-27-16-18-28(19-17-27)29-20-23-33(35-25-29)31-22-21-30(24-32(31)34)36-26(3)14-7-5-2/h20-28H,4-19H2,1-3H3/t26-,27?,28?/m0/s1. The van der Waals surface area contributed by atoms with Crippen molar-refractivity contribution in [1.82, 2.24) is 4.98 Å². The monoisotopic (exact) mass is 495 g/mol. The van der Waals surface area contributed by atoms with Gasteiger partial charge in [-0.15, -0.1) is 0 Å². The first-order valence-electron chi connectivity index (χ1n) is 15.0. The topological polar surface area (TPSA) is 22.1 Å². The lowest BCUT2D eigenvalue weighted by molar-refractivity contribution is 0.206. The maximum Gasteiger partial charge on any atom is 0.136 e. The van der Waals surface area contributed by atoms with Crippen molar-refractivity contribution in [2.75, 3.05) is 0 Å². The minimum atomic E-state index is -0.267. The van der Waals surface area contributed by atoms with Gasteiger partial charge < -0.3 is 4.74 Å². The summed E-state index contributed by atoms with van der Waals surface area (Å²) in [7, 11) is 0. The van der Waals surface area contributed by atoms with Crippen molar-refractivity contribution in [3.8, 4) is 17.0 Å². The molecule has 2 nitrogen and oxygen atoms in total. The Balaban J connectivity index is 1.41. The summed E-state index contributed by atoms with van der Waals surface area (Å²) in [4.78, 5) is 4.65. The highest BCUT2D eigenvalue weighted by molar-refractivity contribution is 5.61. The van der Waals surface area contributed by atoms with Crippen LogP contribution in [0.2, 0.25) is 0 Å². The zero-order valence-electron chi connectivity index (χ0n) is 23.2. The van der Waals surface area contributed by atoms with Crippen LogP contribution in [0.3, 0.4) is 0 Å². The third kappa shape index (κ3) is 9.52. The van der Waals surface area contributed by atoms with Crippen LogP contribution in [0.15, 0.2) is 36.5 Å². The van der Waals surface area contributed by atoms with Crippen LogP contribution in [0.4, 0.5) is 4.39 Å². The number of hydrogen-bond donors (Lipinski definition) is 0. The molecular formula is C33H50FNO. The van der Waals surface area contributed by atoms with Crippen LogP contribution in [0.5, 0.6) is 5.75 Å². The van der Waals surface area contributed by atoms with Gasteiger partial charge in [0.25, 0.3) is 0 Å². The van der Waals surface area contributed by atoms with E-state index < -0.39 is 0 Å². The van der Waals surface area contributed by atoms with Gasteiger partial charge in [0.15, 0.2) is 0 Å². The molecule has 1 aromatic carbocycles. The number of rotatable bonds is 16. The Kier molecular flexibility index (Phi) is 12.8. The number of ether oxygens (including phenoxy) is 1. The summed E-state index contributed by atoms with van der Waals surface area (Å²) < 4.78 is 20.7. The number of aromatic nitrogens is 1. The third-order valence-corrected chi connectivity index (χ3v) is 8.09. The maximum absolute atomic E-state index is 14.8. The highest BCUT2D eigenvalue weighted by Gasteiger charge is 2.22. The molecule has 200 valence electrons. The van der Waals surface area contributed by atoms with Gasteiger partial charge in [-0.05, 0) is 74.6 Å². The van der Waals surface area contributed by atoms with Gasteiger partial charge in [-0.3, -0.25) is 4.98 Å². The first-order valence-corrected chi connectivity index (χ1v) is 15.0. The second-order valence-electron chi connectivity index (χ2n) is 11.2. The number of hydrogen-bond acceptors (Lipinski definition) is 2. The summed E-state index contributed by atoms with van der Waals surface area (Å²) in [6, 6.07) is 9.33. The molecule has 36 heavy (non-hydrogen) atoms. The first kappa shape index (κ1) is 28.7. The van der Waals surface area contributed by atoms with Gasteiger partial charge in [-0.1, -0.05) is 90.5 Å². The van der Waals surface area contributed by atoms with Crippen LogP contribution in [0, 0.1) is 11.7 Å². The highest BCUT2D eigenvalue weighted by Crippen LogP contribution is 2.38. The molecule has 0 radical (unpaired) electrons. The molecule has 0 bridgehead atoms. The van der Waals surface area contributed by atoms with E-state index in [0.29, 0.717) is 22.9 Å². The Hall–Kier alpha value is -1.90. The molecule has 1 heterocycles. The van der Waals surface area contributed by atoms with E-state index in [1.165, 1.54) is 95.1 Å². The molecule has 1 aliphatic rings. The average molecular weight is 496 g/mol. The number of pyridine rings is 1. The van der Waals surface area contributed by atoms with Crippen LogP contribution < -0.4 is 4.74 Å². The SMILES string of the molecule is CCCCCCCCCCC1CCC(c2ccc(-c3ccc(O[C@@H](C)CCCC)cc3F)nc2)CC1. The molecule has 1 aromatic heterocycles. The zero-order valence-corrected chi connectivity index (χ0v) is 23.2. The van der Waals surface area contributed by atoms with Gasteiger partial charge >= 0.3 is 0 Å². The van der Waals surface area contributed by atoms with E-state index in [-0.39, 0.29) is 11.9 Å². The lowest BCUT2D eigenvalue weighted by Gasteiger charge is -2.28. The van der Waals surface area contributed by atoms with Crippen molar-refractivity contribution in [2.24, 2.45) is 5.92 Å². The summed E-state index contributed by atoms with van der Waals surface area (Å²) >= 11 is 0. The molecule has 0 amide bonds. The van der Waals surface area contributed by atoms with Crippen LogP contribution in [-0.2, 0) is 0 Å². The van der Waals surface area contributed by atoms with E-state index in [2.05, 4.69) is 24.9 Å². The van der Waals surface area contributed by atoms with Gasteiger partial charge in [0, 0.05) is 17.8 Å². The minimum Gasteiger partial charge on any atom is -0.491 e. The molecule has 0 aliphatic heterocycles. The Morgan fingerprint density at radius 3 is 2.19 bits per heavy atom. The number of benzene rings is 1. The molecule has 1 saturated carbocycles. The Labute approximate surface area is 220 Å². The van der Waals surface area contributed by atoms with Crippen LogP contribution >= 0.6 is 0 Å². The molecule has 0 spiro atoms. The predicted molar refractivity (Wildman–Crippen MR) is 151 cm³/mol. The van der Waals surface area contributed by atoms with E-state index in [4.69, 9.17) is 4.74 Å². The Morgan fingerprint density at radius 1 is 0.861 bits per heavy atom. The van der Waals surface area contributed by atoms with E-state index in [0.717, 1.165) is 25.2 Å². The van der Waals surface area contributed by atoms with Crippen molar-refractivity contribution >= 4 is 0 Å². The van der Waals surface area contributed by atoms with E-state index >= 15 is 0 Å². The summed E-state index contributed by atoms with van der Waals surface area (Å²) in [5.41, 5.74) is 2.56. The number of halogens is 1. The smallest absolute Gasteiger partial charge is 0.136 e. The fourth-order valence-electron chi connectivity index (χ4n) is 5.72. The first-order chi connectivity index (χ1) is 17.6. The van der Waals surface area contributed by atoms with E-state index in [1.54, 1.807) is 6.07 Å². The average Bonchev–Trinajstić information content (AvgIpc) is 2.90. The van der Waals surface area contributed by atoms with Gasteiger partial charge in [-0.25, -0.2) is 4.39 Å². The third-order valence-electron chi connectivity index (χ3n) is 8.09. The molecule has 2 aromatic rings. The lowest BCUT2D eigenvalue weighted by Crippen LogP contribution is -2.13. The second kappa shape index (κ2) is 16.0. The maximum atomic E-state index is 14.8. The van der Waals surface area contributed by atoms with Crippen LogP contribution in [-0.4, -0.2) is 11.1 Å². The number of unbranched alkanes of at least 4 members (excludes halogenated alkanes) is 8. The van der Waals surface area contributed by atoms with Crippen LogP contribution in [0.1, 0.15) is 135 Å². The second-order valence-corrected chi connectivity index (χ2v) is 11.2. The molecule has 1 atom stereocenters. The fourth-order valence-corrected chi connectivity index (χ4v) is 5.72. The molecule has 0 saturated heterocycles. The molecule has 1 aliphatic carbocycles. The largest absolute Gasteiger partial charge is 0.491 e. The lowest BCUT2D eigenvalue weighted by atomic mass is 9.77. The molecule has 0 unspecified atom stereocenters. The van der Waals surface area contributed by atoms with E-state index in [9.17, 15) is 4.39 Å². The van der Waals surface area contributed by atoms with Gasteiger partial charge in [0.1, 0.15) is 11.6 Å². The predicted octanol–water partition coefficient (Wildman–Crippen LogP) is 10.6. The van der Waals surface area contributed by atoms with Crippen LogP contribution in [0.25, 0.3) is 11.3 Å². The van der Waals surface area contributed by atoms with Crippen molar-refractivity contribution in [3.63, 3.8) is 0 Å². The van der Waals surface area contributed by atoms with Gasteiger partial charge in [0.05, 0.1) is 11.8 Å². The Morgan fingerprint density at radius 2 is 1.56 bits per heavy atom. The summed E-state index contributed by atoms with van der Waals surface area (Å²) in [6.07, 6.45) is 23.2. The molecular weight excluding hydrogens is 445 g/mol. The summed E-state index contributed by atoms with van der Waals surface area (Å²) in [5.74, 6) is 1.84. The van der Waals surface area contributed by atoms with Crippen molar-refractivity contribution < 1.29 is 9.13 Å². The zero-order chi connectivity index (χ0) is 25.6. The number of nitrogens with zero attached hydrogens (tertiary/aromatic N) is 1. The normalized spacial score (nSPS) is 18.8. The van der Waals surface area contributed by atoms with Gasteiger partial charge in [-0.2, -0.15) is 0 Å². The fraction of sp³-hybridized carbons (Fsp3) is 0.667. The molecule has 1 fully saturated rings. The minimum absolute atomic E-state index is 0.100. The summed E-state index contributed by atoms with van der Waals surface area (Å²) in [5, 5.41) is 0. The highest BCUT2D eigenvalue weighted by atomic mass is 19.1. The quantitative estimate of drug-likeness (QED) is 0.216. The summed E-state index contributed by atoms with van der Waals surface area (Å²) in [6.45, 7) is 6.50. The van der Waals surface area contributed by atoms with Crippen molar-refractivity contribution in [2.45, 2.75) is 136 Å². The molecule has 0 N–H and O–H groups in total. The van der Waals surface area contributed by atoms with E-state index in [1.807, 2.05) is 25.3 Å². The van der Waals surface area contributed by atoms with Crippen molar-refractivity contribution in [3.05, 3.63) is 47.9 Å². The molecule has 3 rings (SSSR count). The Bertz CT molecular complexity index is 856.